The Morgan fingerprint density at radius 2 is 1.61 bits per heavy atom. The van der Waals surface area contributed by atoms with Crippen molar-refractivity contribution in [1.82, 2.24) is 23.8 Å². The van der Waals surface area contributed by atoms with Gasteiger partial charge in [-0.25, -0.2) is 4.39 Å². The number of piperidine rings is 1. The first-order chi connectivity index (χ1) is 36.2. The molecule has 6 aromatic rings. The number of carbonyl (C=O) groups excluding carboxylic acids is 2. The molecule has 2 amide bonds. The van der Waals surface area contributed by atoms with Crippen LogP contribution in [0.5, 0.6) is 11.5 Å². The van der Waals surface area contributed by atoms with Crippen LogP contribution in [-0.2, 0) is 51.2 Å². The molecule has 2 fully saturated rings. The van der Waals surface area contributed by atoms with Crippen LogP contribution in [0, 0.1) is 31.0 Å². The third kappa shape index (κ3) is 10.6. The molecule has 4 aliphatic heterocycles. The number of anilines is 2. The molecule has 0 spiro atoms. The number of likely N-dealkylation sites (tertiary alicyclic amines) is 1. The molecule has 390 valence electrons. The van der Waals surface area contributed by atoms with Crippen LogP contribution in [0.15, 0.2) is 103 Å². The fourth-order valence-corrected chi connectivity index (χ4v) is 11.9. The van der Waals surface area contributed by atoms with Crippen LogP contribution in [0.2, 0.25) is 0 Å². The Bertz CT molecular complexity index is 3180. The second-order valence-corrected chi connectivity index (χ2v) is 21.4. The summed E-state index contributed by atoms with van der Waals surface area (Å²) >= 11 is 0. The monoisotopic (exact) mass is 1010 g/mol. The molecule has 1 N–H and O–H groups in total. The summed E-state index contributed by atoms with van der Waals surface area (Å²) < 4.78 is 31.9. The number of hydrogen-bond acceptors (Lipinski definition) is 8. The molecule has 13 nitrogen and oxygen atoms in total. The Morgan fingerprint density at radius 3 is 2.33 bits per heavy atom. The van der Waals surface area contributed by atoms with Crippen molar-refractivity contribution in [2.45, 2.75) is 71.5 Å². The second-order valence-electron chi connectivity index (χ2n) is 21.4. The van der Waals surface area contributed by atoms with Gasteiger partial charge in [0.2, 0.25) is 0 Å². The minimum atomic E-state index is -0.332. The predicted molar refractivity (Wildman–Crippen MR) is 290 cm³/mol. The molecular formula is C61H70FN8O5+. The van der Waals surface area contributed by atoms with Crippen molar-refractivity contribution in [3.05, 3.63) is 165 Å². The van der Waals surface area contributed by atoms with Gasteiger partial charge in [-0.2, -0.15) is 5.26 Å². The van der Waals surface area contributed by atoms with Gasteiger partial charge in [-0.05, 0) is 128 Å². The Balaban J connectivity index is 1.00. The zero-order chi connectivity index (χ0) is 52.5. The SMILES string of the molecule is C=C(Cc1ccc(OCCN2CCOCC2)cc1F)N1CCc2cc(-c3cc(C(=O)N(c4ccc(O)cc4)c4cc(C#N)n(C)c4C)c(C)n3C)c(C(=O)N3Cc4ccccc4CC3C[N+]3(C)CCCCC3)cc2C1. The quantitative estimate of drug-likeness (QED) is 0.107. The topological polar surface area (TPSA) is 119 Å². The largest absolute Gasteiger partial charge is 0.508 e. The van der Waals surface area contributed by atoms with E-state index in [1.54, 1.807) is 52.9 Å². The number of morpholine rings is 1. The number of nitrogens with zero attached hydrogens (tertiary/aromatic N) is 8. The minimum absolute atomic E-state index is 0.0364. The van der Waals surface area contributed by atoms with E-state index in [1.807, 2.05) is 37.6 Å². The number of phenols is 1. The number of benzene rings is 4. The zero-order valence-corrected chi connectivity index (χ0v) is 44.2. The number of allylic oxidation sites excluding steroid dienone is 1. The van der Waals surface area contributed by atoms with Gasteiger partial charge >= 0.3 is 0 Å². The summed E-state index contributed by atoms with van der Waals surface area (Å²) in [6.45, 7) is 17.3. The Hall–Kier alpha value is -7.18. The number of halogens is 1. The molecule has 75 heavy (non-hydrogen) atoms. The fraction of sp³-hybridized carbons (Fsp3) is 0.393. The van der Waals surface area contributed by atoms with Crippen molar-refractivity contribution >= 4 is 23.2 Å². The number of phenolic OH excluding ortho intramolecular Hbond substituents is 1. The third-order valence-electron chi connectivity index (χ3n) is 16.6. The van der Waals surface area contributed by atoms with Gasteiger partial charge in [0.15, 0.2) is 0 Å². The highest BCUT2D eigenvalue weighted by Crippen LogP contribution is 2.39. The molecule has 2 aromatic heterocycles. The molecule has 0 bridgehead atoms. The molecule has 6 heterocycles. The standard InChI is InChI=1S/C61H69FN8O5/c1-41(30-46-14-19-53(35-57(46)62)75-29-24-66-22-27-74-28-23-66)67-21-20-45-32-55(56(33-48(45)38-67)60(72)68-39-47-13-9-8-12-44(47)31-51(68)40-70(6)25-10-7-11-26-70)59-36-54(42(2)65(59)5)61(73)69(49-15-17-52(71)18-16-49)58-34-50(37-63)64(4)43(58)3/h8-9,12-19,32-36,51H,1,7,10-11,20-31,38-40H2,2-6H3/p+1. The fourth-order valence-electron chi connectivity index (χ4n) is 11.9. The number of fused-ring (bicyclic) bond motifs is 2. The molecule has 1 atom stereocenters. The number of aromatic hydroxyl groups is 1. The van der Waals surface area contributed by atoms with Crippen molar-refractivity contribution < 1.29 is 33.0 Å². The first-order valence-corrected chi connectivity index (χ1v) is 26.6. The van der Waals surface area contributed by atoms with Crippen molar-refractivity contribution in [3.63, 3.8) is 0 Å². The van der Waals surface area contributed by atoms with E-state index < -0.39 is 0 Å². The average Bonchev–Trinajstić information content (AvgIpc) is 3.88. The highest BCUT2D eigenvalue weighted by atomic mass is 19.1. The molecule has 2 saturated heterocycles. The molecule has 4 aromatic carbocycles. The van der Waals surface area contributed by atoms with E-state index >= 15 is 14.0 Å². The minimum Gasteiger partial charge on any atom is -0.508 e. The van der Waals surface area contributed by atoms with Crippen LogP contribution in [0.25, 0.3) is 11.3 Å². The highest BCUT2D eigenvalue weighted by Gasteiger charge is 2.39. The Labute approximate surface area is 440 Å². The van der Waals surface area contributed by atoms with Crippen molar-refractivity contribution in [1.29, 1.82) is 5.26 Å². The van der Waals surface area contributed by atoms with Crippen LogP contribution in [0.3, 0.4) is 0 Å². The number of aromatic nitrogens is 2. The molecule has 1 unspecified atom stereocenters. The van der Waals surface area contributed by atoms with E-state index in [0.717, 1.165) is 89.5 Å². The van der Waals surface area contributed by atoms with Gasteiger partial charge in [0, 0.05) is 105 Å². The van der Waals surface area contributed by atoms with E-state index in [9.17, 15) is 10.4 Å². The van der Waals surface area contributed by atoms with Gasteiger partial charge in [-0.3, -0.25) is 19.4 Å². The van der Waals surface area contributed by atoms with Crippen molar-refractivity contribution in [3.8, 4) is 28.8 Å². The summed E-state index contributed by atoms with van der Waals surface area (Å²) in [7, 11) is 6.09. The summed E-state index contributed by atoms with van der Waals surface area (Å²) in [4.78, 5) is 39.4. The van der Waals surface area contributed by atoms with E-state index in [0.29, 0.717) is 97.5 Å². The lowest BCUT2D eigenvalue weighted by Crippen LogP contribution is -2.58. The summed E-state index contributed by atoms with van der Waals surface area (Å²) in [6, 6.07) is 30.1. The molecular weight excluding hydrogens is 944 g/mol. The lowest BCUT2D eigenvalue weighted by atomic mass is 9.88. The number of ether oxygens (including phenoxy) is 2. The van der Waals surface area contributed by atoms with Crippen LogP contribution < -0.4 is 9.64 Å². The molecule has 4 aliphatic rings. The Morgan fingerprint density at radius 1 is 0.867 bits per heavy atom. The number of amides is 2. The molecule has 10 rings (SSSR count). The number of quaternary nitrogens is 1. The molecule has 14 heteroatoms. The van der Waals surface area contributed by atoms with Gasteiger partial charge in [0.1, 0.15) is 35.7 Å². The number of rotatable bonds is 14. The van der Waals surface area contributed by atoms with Gasteiger partial charge < -0.3 is 38.0 Å². The van der Waals surface area contributed by atoms with Crippen molar-refractivity contribution in [2.75, 3.05) is 77.6 Å². The first kappa shape index (κ1) is 51.3. The summed E-state index contributed by atoms with van der Waals surface area (Å²) in [5.41, 5.74) is 11.3. The van der Waals surface area contributed by atoms with E-state index in [1.165, 1.54) is 30.9 Å². The number of likely N-dealkylation sites (N-methyl/N-ethyl adjacent to an activating group) is 1. The Kier molecular flexibility index (Phi) is 14.8. The zero-order valence-electron chi connectivity index (χ0n) is 44.2. The molecule has 0 radical (unpaired) electrons. The van der Waals surface area contributed by atoms with Crippen LogP contribution >= 0.6 is 0 Å². The normalized spacial score (nSPS) is 17.5. The van der Waals surface area contributed by atoms with E-state index in [4.69, 9.17) is 9.47 Å². The van der Waals surface area contributed by atoms with E-state index in [2.05, 4.69) is 70.8 Å². The first-order valence-electron chi connectivity index (χ1n) is 26.6. The van der Waals surface area contributed by atoms with Crippen LogP contribution in [-0.4, -0.2) is 124 Å². The maximum atomic E-state index is 16.0. The van der Waals surface area contributed by atoms with Gasteiger partial charge in [-0.15, -0.1) is 0 Å². The van der Waals surface area contributed by atoms with Crippen molar-refractivity contribution in [2.24, 2.45) is 14.1 Å². The van der Waals surface area contributed by atoms with Gasteiger partial charge in [-0.1, -0.05) is 36.9 Å². The van der Waals surface area contributed by atoms with Crippen LogP contribution in [0.4, 0.5) is 15.8 Å². The highest BCUT2D eigenvalue weighted by molar-refractivity contribution is 6.13. The van der Waals surface area contributed by atoms with Gasteiger partial charge in [0.25, 0.3) is 11.8 Å². The van der Waals surface area contributed by atoms with Gasteiger partial charge in [0.05, 0.1) is 57.2 Å². The molecule has 0 aliphatic carbocycles. The maximum absolute atomic E-state index is 16.0. The third-order valence-corrected chi connectivity index (χ3v) is 16.6. The van der Waals surface area contributed by atoms with E-state index in [-0.39, 0.29) is 29.4 Å². The summed E-state index contributed by atoms with van der Waals surface area (Å²) in [5.74, 6) is -0.132. The predicted octanol–water partition coefficient (Wildman–Crippen LogP) is 9.37. The number of hydrogen-bond donors (Lipinski definition) is 1. The average molecular weight is 1010 g/mol. The molecule has 0 saturated carbocycles. The summed E-state index contributed by atoms with van der Waals surface area (Å²) in [6.07, 6.45) is 5.34. The smallest absolute Gasteiger partial charge is 0.264 e. The maximum Gasteiger partial charge on any atom is 0.264 e. The lowest BCUT2D eigenvalue weighted by Gasteiger charge is -2.45. The number of nitriles is 1. The summed E-state index contributed by atoms with van der Waals surface area (Å²) in [5, 5.41) is 20.3. The second kappa shape index (κ2) is 21.6. The van der Waals surface area contributed by atoms with Crippen LogP contribution in [0.1, 0.15) is 84.9 Å². The lowest BCUT2D eigenvalue weighted by molar-refractivity contribution is -0.915. The number of carbonyl (C=O) groups is 2.